The van der Waals surface area contributed by atoms with Gasteiger partial charge >= 0.3 is 0 Å². The number of rotatable bonds is 4. The van der Waals surface area contributed by atoms with Crippen molar-refractivity contribution in [2.75, 3.05) is 39.8 Å². The van der Waals surface area contributed by atoms with E-state index in [2.05, 4.69) is 10.2 Å². The highest BCUT2D eigenvalue weighted by Crippen LogP contribution is 2.20. The first kappa shape index (κ1) is 15.9. The van der Waals surface area contributed by atoms with E-state index in [1.165, 1.54) is 25.3 Å². The second kappa shape index (κ2) is 7.43. The van der Waals surface area contributed by atoms with Gasteiger partial charge < -0.3 is 10.1 Å². The number of piperazine rings is 1. The summed E-state index contributed by atoms with van der Waals surface area (Å²) in [6.07, 6.45) is 0. The largest absolute Gasteiger partial charge is 0.496 e. The highest BCUT2D eigenvalue weighted by molar-refractivity contribution is 6.00. The number of carbonyl (C=O) groups excluding carboxylic acids is 1. The first-order valence-electron chi connectivity index (χ1n) is 6.00. The molecule has 1 aliphatic rings. The van der Waals surface area contributed by atoms with Crippen LogP contribution in [0, 0.1) is 5.82 Å². The van der Waals surface area contributed by atoms with Crippen LogP contribution in [-0.2, 0) is 0 Å². The van der Waals surface area contributed by atoms with Gasteiger partial charge in [0.1, 0.15) is 11.6 Å². The molecule has 106 valence electrons. The lowest BCUT2D eigenvalue weighted by Gasteiger charge is -2.26. The van der Waals surface area contributed by atoms with Gasteiger partial charge in [0.15, 0.2) is 5.78 Å². The Morgan fingerprint density at radius 1 is 1.42 bits per heavy atom. The fourth-order valence-corrected chi connectivity index (χ4v) is 2.05. The van der Waals surface area contributed by atoms with E-state index in [0.29, 0.717) is 17.9 Å². The fraction of sp³-hybridized carbons (Fsp3) is 0.462. The summed E-state index contributed by atoms with van der Waals surface area (Å²) in [5, 5.41) is 3.23. The van der Waals surface area contributed by atoms with Gasteiger partial charge in [-0.25, -0.2) is 4.39 Å². The summed E-state index contributed by atoms with van der Waals surface area (Å²) in [6.45, 7) is 3.86. The highest BCUT2D eigenvalue weighted by Gasteiger charge is 2.18. The Kier molecular flexibility index (Phi) is 6.21. The van der Waals surface area contributed by atoms with Crippen LogP contribution in [0.5, 0.6) is 5.75 Å². The van der Waals surface area contributed by atoms with Gasteiger partial charge in [-0.1, -0.05) is 0 Å². The van der Waals surface area contributed by atoms with Crippen LogP contribution in [0.25, 0.3) is 0 Å². The smallest absolute Gasteiger partial charge is 0.180 e. The summed E-state index contributed by atoms with van der Waals surface area (Å²) in [7, 11) is 1.44. The summed E-state index contributed by atoms with van der Waals surface area (Å²) in [6, 6.07) is 4.01. The van der Waals surface area contributed by atoms with E-state index >= 15 is 0 Å². The lowest BCUT2D eigenvalue weighted by Crippen LogP contribution is -2.45. The standard InChI is InChI=1S/C13H17FN2O2.ClH/c1-18-13-8-10(14)2-3-11(13)12(17)9-16-6-4-15-5-7-16;/h2-3,8,15H,4-7,9H2,1H3;1H. The molecule has 4 nitrogen and oxygen atoms in total. The molecule has 1 N–H and O–H groups in total. The van der Waals surface area contributed by atoms with Gasteiger partial charge in [0.25, 0.3) is 0 Å². The number of nitrogens with one attached hydrogen (secondary N) is 1. The van der Waals surface area contributed by atoms with Crippen LogP contribution in [0.15, 0.2) is 18.2 Å². The SMILES string of the molecule is COc1cc(F)ccc1C(=O)CN1CCNCC1.Cl. The number of ketones is 1. The molecule has 1 saturated heterocycles. The zero-order valence-corrected chi connectivity index (χ0v) is 11.6. The number of Topliss-reactive ketones (excluding diaryl/α,β-unsaturated/α-hetero) is 1. The fourth-order valence-electron chi connectivity index (χ4n) is 2.05. The number of hydrogen-bond donors (Lipinski definition) is 1. The maximum atomic E-state index is 13.0. The molecule has 0 saturated carbocycles. The topological polar surface area (TPSA) is 41.6 Å². The molecule has 1 heterocycles. The average Bonchev–Trinajstić information content (AvgIpc) is 2.39. The van der Waals surface area contributed by atoms with Crippen molar-refractivity contribution in [3.63, 3.8) is 0 Å². The van der Waals surface area contributed by atoms with E-state index < -0.39 is 5.82 Å². The van der Waals surface area contributed by atoms with Crippen LogP contribution in [0.1, 0.15) is 10.4 Å². The van der Waals surface area contributed by atoms with Crippen molar-refractivity contribution in [2.24, 2.45) is 0 Å². The molecule has 0 aromatic heterocycles. The van der Waals surface area contributed by atoms with Gasteiger partial charge in [0.05, 0.1) is 19.2 Å². The normalized spacial score (nSPS) is 15.7. The second-order valence-corrected chi connectivity index (χ2v) is 4.29. The van der Waals surface area contributed by atoms with Crippen LogP contribution >= 0.6 is 12.4 Å². The molecule has 2 rings (SSSR count). The lowest BCUT2D eigenvalue weighted by atomic mass is 10.1. The lowest BCUT2D eigenvalue weighted by molar-refractivity contribution is 0.0918. The number of methoxy groups -OCH3 is 1. The number of ether oxygens (including phenoxy) is 1. The van der Waals surface area contributed by atoms with Crippen molar-refractivity contribution in [2.45, 2.75) is 0 Å². The Hall–Kier alpha value is -1.17. The van der Waals surface area contributed by atoms with Crippen LogP contribution in [0.4, 0.5) is 4.39 Å². The van der Waals surface area contributed by atoms with Crippen molar-refractivity contribution in [1.82, 2.24) is 10.2 Å². The molecule has 0 bridgehead atoms. The Labute approximate surface area is 118 Å². The van der Waals surface area contributed by atoms with Crippen LogP contribution in [-0.4, -0.2) is 50.5 Å². The van der Waals surface area contributed by atoms with E-state index in [9.17, 15) is 9.18 Å². The first-order chi connectivity index (χ1) is 8.70. The van der Waals surface area contributed by atoms with Crippen LogP contribution in [0.2, 0.25) is 0 Å². The summed E-state index contributed by atoms with van der Waals surface area (Å²) in [4.78, 5) is 14.2. The van der Waals surface area contributed by atoms with Crippen molar-refractivity contribution < 1.29 is 13.9 Å². The molecule has 1 fully saturated rings. The third-order valence-electron chi connectivity index (χ3n) is 3.04. The Balaban J connectivity index is 0.00000180. The summed E-state index contributed by atoms with van der Waals surface area (Å²) in [5.41, 5.74) is 0.442. The molecular weight excluding hydrogens is 271 g/mol. The quantitative estimate of drug-likeness (QED) is 0.849. The number of nitrogens with zero attached hydrogens (tertiary/aromatic N) is 1. The van der Waals surface area contributed by atoms with Crippen molar-refractivity contribution >= 4 is 18.2 Å². The molecule has 1 aromatic carbocycles. The number of hydrogen-bond acceptors (Lipinski definition) is 4. The van der Waals surface area contributed by atoms with Gasteiger partial charge in [-0.3, -0.25) is 9.69 Å². The number of benzene rings is 1. The third kappa shape index (κ3) is 4.16. The minimum Gasteiger partial charge on any atom is -0.496 e. The van der Waals surface area contributed by atoms with Crippen molar-refractivity contribution in [1.29, 1.82) is 0 Å². The van der Waals surface area contributed by atoms with E-state index in [-0.39, 0.29) is 18.2 Å². The van der Waals surface area contributed by atoms with Crippen LogP contribution in [0.3, 0.4) is 0 Å². The molecule has 0 radical (unpaired) electrons. The molecule has 1 aliphatic heterocycles. The molecule has 6 heteroatoms. The minimum absolute atomic E-state index is 0. The molecule has 19 heavy (non-hydrogen) atoms. The van der Waals surface area contributed by atoms with E-state index in [1.54, 1.807) is 0 Å². The predicted molar refractivity (Wildman–Crippen MR) is 73.8 cm³/mol. The maximum Gasteiger partial charge on any atom is 0.180 e. The van der Waals surface area contributed by atoms with Crippen molar-refractivity contribution in [3.05, 3.63) is 29.6 Å². The number of halogens is 2. The number of carbonyl (C=O) groups is 1. The molecule has 1 aromatic rings. The molecular formula is C13H18ClFN2O2. The molecule has 0 aliphatic carbocycles. The Morgan fingerprint density at radius 2 is 2.11 bits per heavy atom. The summed E-state index contributed by atoms with van der Waals surface area (Å²) >= 11 is 0. The minimum atomic E-state index is -0.398. The monoisotopic (exact) mass is 288 g/mol. The molecule has 0 unspecified atom stereocenters. The van der Waals surface area contributed by atoms with E-state index in [0.717, 1.165) is 26.2 Å². The first-order valence-corrected chi connectivity index (χ1v) is 6.00. The summed E-state index contributed by atoms with van der Waals surface area (Å²) in [5.74, 6) is -0.130. The second-order valence-electron chi connectivity index (χ2n) is 4.29. The van der Waals surface area contributed by atoms with Gasteiger partial charge in [-0.15, -0.1) is 12.4 Å². The van der Waals surface area contributed by atoms with Gasteiger partial charge in [0.2, 0.25) is 0 Å². The van der Waals surface area contributed by atoms with Gasteiger partial charge in [0, 0.05) is 32.2 Å². The van der Waals surface area contributed by atoms with Crippen molar-refractivity contribution in [3.8, 4) is 5.75 Å². The average molecular weight is 289 g/mol. The van der Waals surface area contributed by atoms with Gasteiger partial charge in [-0.2, -0.15) is 0 Å². The summed E-state index contributed by atoms with van der Waals surface area (Å²) < 4.78 is 18.1. The van der Waals surface area contributed by atoms with E-state index in [1.807, 2.05) is 0 Å². The predicted octanol–water partition coefficient (Wildman–Crippen LogP) is 1.34. The molecule has 0 amide bonds. The van der Waals surface area contributed by atoms with Crippen LogP contribution < -0.4 is 10.1 Å². The zero-order valence-electron chi connectivity index (χ0n) is 10.8. The highest BCUT2D eigenvalue weighted by atomic mass is 35.5. The molecule has 0 atom stereocenters. The third-order valence-corrected chi connectivity index (χ3v) is 3.04. The Bertz CT molecular complexity index is 437. The van der Waals surface area contributed by atoms with Gasteiger partial charge in [-0.05, 0) is 12.1 Å². The maximum absolute atomic E-state index is 13.0. The zero-order chi connectivity index (χ0) is 13.0. The van der Waals surface area contributed by atoms with E-state index in [4.69, 9.17) is 4.74 Å². The molecule has 0 spiro atoms. The Morgan fingerprint density at radius 3 is 2.74 bits per heavy atom.